The standard InChI is InChI=1S/C27H33ClF2O6/c1-4-6-11-35-21-14-26(16-31,17-32)36-27(15-21,33-3)20-8-9-22(28)19(13-20)12-18-7-10-23(34-5-2)25(30)24(18)29/h7-10,13,16,21,32H,4-6,11-12,14-15,17H2,1-3H3/t21-,26+,27+/m0/s1. The number of methoxy groups -OCH3 is 1. The molecule has 3 atom stereocenters. The van der Waals surface area contributed by atoms with Crippen LogP contribution < -0.4 is 4.74 Å². The van der Waals surface area contributed by atoms with Crippen LogP contribution in [0.5, 0.6) is 5.75 Å². The lowest BCUT2D eigenvalue weighted by molar-refractivity contribution is -0.324. The molecule has 198 valence electrons. The first-order valence-corrected chi connectivity index (χ1v) is 12.5. The summed E-state index contributed by atoms with van der Waals surface area (Å²) in [5, 5.41) is 10.4. The van der Waals surface area contributed by atoms with Gasteiger partial charge in [0, 0.05) is 43.6 Å². The van der Waals surface area contributed by atoms with Crippen LogP contribution in [0.25, 0.3) is 0 Å². The second-order valence-corrected chi connectivity index (χ2v) is 9.33. The van der Waals surface area contributed by atoms with Crippen molar-refractivity contribution in [2.75, 3.05) is 26.9 Å². The third-order valence-corrected chi connectivity index (χ3v) is 6.76. The Labute approximate surface area is 215 Å². The number of benzene rings is 2. The van der Waals surface area contributed by atoms with Gasteiger partial charge < -0.3 is 28.8 Å². The maximum Gasteiger partial charge on any atom is 0.200 e. The van der Waals surface area contributed by atoms with Crippen molar-refractivity contribution in [3.8, 4) is 5.75 Å². The molecule has 0 aromatic heterocycles. The summed E-state index contributed by atoms with van der Waals surface area (Å²) in [6, 6.07) is 7.82. The molecule has 0 radical (unpaired) electrons. The number of aliphatic hydroxyl groups is 1. The predicted octanol–water partition coefficient (Wildman–Crippen LogP) is 5.33. The molecule has 2 aromatic carbocycles. The Balaban J connectivity index is 1.98. The molecule has 6 nitrogen and oxygen atoms in total. The number of hydrogen-bond acceptors (Lipinski definition) is 6. The molecule has 0 unspecified atom stereocenters. The van der Waals surface area contributed by atoms with Crippen LogP contribution in [0.4, 0.5) is 8.78 Å². The monoisotopic (exact) mass is 526 g/mol. The molecule has 2 aromatic rings. The van der Waals surface area contributed by atoms with Gasteiger partial charge in [0.1, 0.15) is 0 Å². The molecule has 1 saturated heterocycles. The summed E-state index contributed by atoms with van der Waals surface area (Å²) in [5.41, 5.74) is -0.398. The fourth-order valence-electron chi connectivity index (χ4n) is 4.43. The van der Waals surface area contributed by atoms with E-state index in [-0.39, 0.29) is 37.2 Å². The van der Waals surface area contributed by atoms with E-state index in [4.69, 9.17) is 30.5 Å². The zero-order valence-corrected chi connectivity index (χ0v) is 21.6. The maximum absolute atomic E-state index is 14.8. The Hall–Kier alpha value is -2.10. The summed E-state index contributed by atoms with van der Waals surface area (Å²) in [4.78, 5) is 12.0. The maximum atomic E-state index is 14.8. The number of unbranched alkanes of at least 4 members (excludes halogenated alkanes) is 1. The van der Waals surface area contributed by atoms with Crippen molar-refractivity contribution < 1.29 is 37.6 Å². The molecular formula is C27H33ClF2O6. The Morgan fingerprint density at radius 1 is 1.17 bits per heavy atom. The van der Waals surface area contributed by atoms with Crippen molar-refractivity contribution in [1.29, 1.82) is 0 Å². The van der Waals surface area contributed by atoms with Crippen LogP contribution in [-0.2, 0) is 31.2 Å². The molecule has 3 rings (SSSR count). The van der Waals surface area contributed by atoms with Gasteiger partial charge in [-0.15, -0.1) is 0 Å². The minimum absolute atomic E-state index is 0.00310. The van der Waals surface area contributed by atoms with Gasteiger partial charge in [-0.25, -0.2) is 4.39 Å². The van der Waals surface area contributed by atoms with E-state index in [1.165, 1.54) is 19.2 Å². The van der Waals surface area contributed by atoms with Gasteiger partial charge in [0.05, 0.1) is 19.3 Å². The second-order valence-electron chi connectivity index (χ2n) is 8.92. The quantitative estimate of drug-likeness (QED) is 0.297. The lowest BCUT2D eigenvalue weighted by Gasteiger charge is -2.47. The van der Waals surface area contributed by atoms with Gasteiger partial charge in [0.15, 0.2) is 29.2 Å². The number of aldehydes is 1. The molecule has 1 aliphatic heterocycles. The number of carbonyl (C=O) groups is 1. The van der Waals surface area contributed by atoms with Gasteiger partial charge in [-0.3, -0.25) is 0 Å². The minimum Gasteiger partial charge on any atom is -0.491 e. The average molecular weight is 527 g/mol. The fraction of sp³-hybridized carbons (Fsp3) is 0.519. The Bertz CT molecular complexity index is 1050. The summed E-state index contributed by atoms with van der Waals surface area (Å²) in [5.74, 6) is -3.66. The third kappa shape index (κ3) is 6.06. The molecule has 0 amide bonds. The molecule has 36 heavy (non-hydrogen) atoms. The van der Waals surface area contributed by atoms with Crippen LogP contribution in [0.1, 0.15) is 56.2 Å². The smallest absolute Gasteiger partial charge is 0.200 e. The van der Waals surface area contributed by atoms with Gasteiger partial charge >= 0.3 is 0 Å². The van der Waals surface area contributed by atoms with Crippen molar-refractivity contribution in [3.63, 3.8) is 0 Å². The number of hydrogen-bond donors (Lipinski definition) is 1. The largest absolute Gasteiger partial charge is 0.491 e. The van der Waals surface area contributed by atoms with E-state index >= 15 is 0 Å². The summed E-state index contributed by atoms with van der Waals surface area (Å²) in [7, 11) is 1.44. The lowest BCUT2D eigenvalue weighted by Crippen LogP contribution is -2.56. The summed E-state index contributed by atoms with van der Waals surface area (Å²) < 4.78 is 52.3. The van der Waals surface area contributed by atoms with Gasteiger partial charge in [0.2, 0.25) is 5.82 Å². The van der Waals surface area contributed by atoms with E-state index in [1.54, 1.807) is 25.1 Å². The van der Waals surface area contributed by atoms with Crippen molar-refractivity contribution in [2.45, 2.75) is 63.4 Å². The zero-order chi connectivity index (χ0) is 26.3. The predicted molar refractivity (Wildman–Crippen MR) is 131 cm³/mol. The van der Waals surface area contributed by atoms with Crippen LogP contribution in [0, 0.1) is 11.6 Å². The molecule has 0 aliphatic carbocycles. The summed E-state index contributed by atoms with van der Waals surface area (Å²) >= 11 is 6.43. The number of rotatable bonds is 12. The SMILES string of the molecule is CCCCO[C@H]1C[C@@](C=O)(CO)O[C@@](OC)(c2ccc(Cl)c(Cc3ccc(OCC)c(F)c3F)c2)C1. The van der Waals surface area contributed by atoms with E-state index in [9.17, 15) is 18.7 Å². The third-order valence-electron chi connectivity index (χ3n) is 6.39. The first-order valence-electron chi connectivity index (χ1n) is 12.1. The zero-order valence-electron chi connectivity index (χ0n) is 20.8. The van der Waals surface area contributed by atoms with Crippen LogP contribution >= 0.6 is 11.6 Å². The Kier molecular flexibility index (Phi) is 9.83. The van der Waals surface area contributed by atoms with Gasteiger partial charge in [-0.2, -0.15) is 4.39 Å². The van der Waals surface area contributed by atoms with Crippen molar-refractivity contribution >= 4 is 17.9 Å². The van der Waals surface area contributed by atoms with Crippen molar-refractivity contribution in [3.05, 3.63) is 63.7 Å². The summed E-state index contributed by atoms with van der Waals surface area (Å²) in [6.45, 7) is 3.89. The number of ether oxygens (including phenoxy) is 4. The van der Waals surface area contributed by atoms with Crippen molar-refractivity contribution in [2.24, 2.45) is 0 Å². The molecule has 0 bridgehead atoms. The minimum atomic E-state index is -1.52. The first kappa shape index (κ1) is 28.5. The van der Waals surface area contributed by atoms with Crippen LogP contribution in [0.2, 0.25) is 5.02 Å². The number of halogens is 3. The molecule has 1 fully saturated rings. The van der Waals surface area contributed by atoms with Gasteiger partial charge in [-0.1, -0.05) is 37.1 Å². The first-order chi connectivity index (χ1) is 17.3. The van der Waals surface area contributed by atoms with E-state index in [1.807, 2.05) is 6.92 Å². The van der Waals surface area contributed by atoms with E-state index in [0.717, 1.165) is 12.8 Å². The summed E-state index contributed by atoms with van der Waals surface area (Å²) in [6.07, 6.45) is 2.39. The number of aliphatic hydroxyl groups excluding tert-OH is 1. The molecule has 0 saturated carbocycles. The van der Waals surface area contributed by atoms with Crippen molar-refractivity contribution in [1.82, 2.24) is 0 Å². The van der Waals surface area contributed by atoms with Crippen LogP contribution in [-0.4, -0.2) is 50.0 Å². The van der Waals surface area contributed by atoms with Crippen LogP contribution in [0.3, 0.4) is 0 Å². The Morgan fingerprint density at radius 2 is 1.94 bits per heavy atom. The van der Waals surface area contributed by atoms with Crippen LogP contribution in [0.15, 0.2) is 30.3 Å². The lowest BCUT2D eigenvalue weighted by atomic mass is 9.85. The molecule has 1 aliphatic rings. The highest BCUT2D eigenvalue weighted by Crippen LogP contribution is 2.44. The molecule has 1 N–H and O–H groups in total. The van der Waals surface area contributed by atoms with Gasteiger partial charge in [0.25, 0.3) is 0 Å². The second kappa shape index (κ2) is 12.4. The normalized spacial score (nSPS) is 24.0. The highest BCUT2D eigenvalue weighted by atomic mass is 35.5. The van der Waals surface area contributed by atoms with Gasteiger partial charge in [-0.05, 0) is 42.7 Å². The molecular weight excluding hydrogens is 494 g/mol. The highest BCUT2D eigenvalue weighted by Gasteiger charge is 2.51. The number of carbonyl (C=O) groups excluding carboxylic acids is 1. The molecule has 9 heteroatoms. The van der Waals surface area contributed by atoms with E-state index in [0.29, 0.717) is 29.0 Å². The highest BCUT2D eigenvalue weighted by molar-refractivity contribution is 6.31. The topological polar surface area (TPSA) is 74.2 Å². The van der Waals surface area contributed by atoms with E-state index < -0.39 is 35.7 Å². The van der Waals surface area contributed by atoms with E-state index in [2.05, 4.69) is 0 Å². The Morgan fingerprint density at radius 3 is 2.58 bits per heavy atom. The molecule has 0 spiro atoms. The molecule has 1 heterocycles. The average Bonchev–Trinajstić information content (AvgIpc) is 2.89. The fourth-order valence-corrected chi connectivity index (χ4v) is 4.62.